The number of hydrogen-bond acceptors (Lipinski definition) is 6. The van der Waals surface area contributed by atoms with Crippen molar-refractivity contribution in [3.8, 4) is 11.5 Å². The van der Waals surface area contributed by atoms with E-state index in [1.807, 2.05) is 14.1 Å². The van der Waals surface area contributed by atoms with Gasteiger partial charge in [0.15, 0.2) is 11.5 Å². The summed E-state index contributed by atoms with van der Waals surface area (Å²) in [7, 11) is 7.06. The number of hydrogen-bond donors (Lipinski definition) is 1. The van der Waals surface area contributed by atoms with Gasteiger partial charge in [0.05, 0.1) is 37.5 Å². The summed E-state index contributed by atoms with van der Waals surface area (Å²) in [6.07, 6.45) is 2.36. The standard InChI is InChI=1S/C25H32N4O4/c1-17-8-10-18(11-9-17)21(28(2)3)15-26-24(30)7-6-12-29-16-27-20-14-23(33-5)22(32-4)13-19(20)25(29)31/h8-11,13-14,16,21H,6-7,12,15H2,1-5H3,(H,26,30). The number of methoxy groups -OCH3 is 2. The van der Waals surface area contributed by atoms with Crippen LogP contribution in [0.25, 0.3) is 10.9 Å². The van der Waals surface area contributed by atoms with E-state index < -0.39 is 0 Å². The van der Waals surface area contributed by atoms with Crippen LogP contribution in [-0.2, 0) is 11.3 Å². The summed E-state index contributed by atoms with van der Waals surface area (Å²) >= 11 is 0. The van der Waals surface area contributed by atoms with Crippen LogP contribution >= 0.6 is 0 Å². The van der Waals surface area contributed by atoms with Crippen molar-refractivity contribution in [2.24, 2.45) is 0 Å². The maximum Gasteiger partial charge on any atom is 0.261 e. The zero-order chi connectivity index (χ0) is 24.0. The average molecular weight is 453 g/mol. The normalized spacial score (nSPS) is 12.1. The Kier molecular flexibility index (Phi) is 8.06. The monoisotopic (exact) mass is 452 g/mol. The second-order valence-electron chi connectivity index (χ2n) is 8.27. The second kappa shape index (κ2) is 11.0. The van der Waals surface area contributed by atoms with Crippen LogP contribution in [0, 0.1) is 6.92 Å². The van der Waals surface area contributed by atoms with Crippen LogP contribution in [0.4, 0.5) is 0 Å². The largest absolute Gasteiger partial charge is 0.493 e. The minimum Gasteiger partial charge on any atom is -0.493 e. The first-order valence-electron chi connectivity index (χ1n) is 10.9. The molecule has 0 aliphatic heterocycles. The van der Waals surface area contributed by atoms with Crippen molar-refractivity contribution in [1.82, 2.24) is 19.8 Å². The third-order valence-corrected chi connectivity index (χ3v) is 5.71. The number of carbonyl (C=O) groups is 1. The fourth-order valence-electron chi connectivity index (χ4n) is 3.74. The Morgan fingerprint density at radius 1 is 1.12 bits per heavy atom. The van der Waals surface area contributed by atoms with Gasteiger partial charge in [0.1, 0.15) is 0 Å². The van der Waals surface area contributed by atoms with Crippen molar-refractivity contribution in [3.63, 3.8) is 0 Å². The van der Waals surface area contributed by atoms with Crippen molar-refractivity contribution >= 4 is 16.8 Å². The highest BCUT2D eigenvalue weighted by atomic mass is 16.5. The summed E-state index contributed by atoms with van der Waals surface area (Å²) in [5.41, 5.74) is 2.73. The Morgan fingerprint density at radius 3 is 2.42 bits per heavy atom. The highest BCUT2D eigenvalue weighted by molar-refractivity contribution is 5.81. The summed E-state index contributed by atoms with van der Waals surface area (Å²) in [4.78, 5) is 31.8. The number of likely N-dealkylation sites (N-methyl/N-ethyl adjacent to an activating group) is 1. The number of aryl methyl sites for hydroxylation is 2. The summed E-state index contributed by atoms with van der Waals surface area (Å²) in [6, 6.07) is 11.8. The molecule has 0 fully saturated rings. The minimum absolute atomic E-state index is 0.0397. The second-order valence-corrected chi connectivity index (χ2v) is 8.27. The minimum atomic E-state index is -0.173. The van der Waals surface area contributed by atoms with E-state index in [2.05, 4.69) is 46.4 Å². The zero-order valence-corrected chi connectivity index (χ0v) is 19.9. The molecular weight excluding hydrogens is 420 g/mol. The van der Waals surface area contributed by atoms with E-state index in [9.17, 15) is 9.59 Å². The Morgan fingerprint density at radius 2 is 1.79 bits per heavy atom. The maximum absolute atomic E-state index is 12.9. The van der Waals surface area contributed by atoms with Gasteiger partial charge >= 0.3 is 0 Å². The SMILES string of the molecule is COc1cc2ncn(CCCC(=O)NCC(c3ccc(C)cc3)N(C)C)c(=O)c2cc1OC. The van der Waals surface area contributed by atoms with Gasteiger partial charge in [-0.2, -0.15) is 0 Å². The number of nitrogens with zero attached hydrogens (tertiary/aromatic N) is 3. The van der Waals surface area contributed by atoms with E-state index >= 15 is 0 Å². The van der Waals surface area contributed by atoms with Gasteiger partial charge in [-0.3, -0.25) is 14.2 Å². The van der Waals surface area contributed by atoms with Gasteiger partial charge in [-0.25, -0.2) is 4.98 Å². The molecule has 1 heterocycles. The quantitative estimate of drug-likeness (QED) is 0.509. The van der Waals surface area contributed by atoms with E-state index in [0.717, 1.165) is 5.56 Å². The lowest BCUT2D eigenvalue weighted by atomic mass is 10.0. The Hall–Kier alpha value is -3.39. The molecule has 176 valence electrons. The van der Waals surface area contributed by atoms with E-state index in [4.69, 9.17) is 9.47 Å². The molecule has 3 aromatic rings. The molecule has 1 aromatic heterocycles. The zero-order valence-electron chi connectivity index (χ0n) is 19.9. The van der Waals surface area contributed by atoms with E-state index in [0.29, 0.717) is 48.3 Å². The molecule has 1 amide bonds. The molecule has 2 aromatic carbocycles. The molecule has 0 saturated heterocycles. The third kappa shape index (κ3) is 5.90. The number of rotatable bonds is 10. The predicted octanol–water partition coefficient (Wildman–Crippen LogP) is 2.92. The van der Waals surface area contributed by atoms with E-state index in [1.165, 1.54) is 30.7 Å². The molecule has 0 saturated carbocycles. The van der Waals surface area contributed by atoms with Crippen molar-refractivity contribution < 1.29 is 14.3 Å². The van der Waals surface area contributed by atoms with Crippen LogP contribution in [0.3, 0.4) is 0 Å². The van der Waals surface area contributed by atoms with Gasteiger partial charge in [-0.05, 0) is 39.1 Å². The number of nitrogens with one attached hydrogen (secondary N) is 1. The van der Waals surface area contributed by atoms with Crippen LogP contribution in [0.1, 0.15) is 30.0 Å². The highest BCUT2D eigenvalue weighted by Gasteiger charge is 2.15. The number of aromatic nitrogens is 2. The molecule has 8 heteroatoms. The molecule has 0 radical (unpaired) electrons. The van der Waals surface area contributed by atoms with Crippen molar-refractivity contribution in [2.75, 3.05) is 34.9 Å². The Labute approximate surface area is 194 Å². The molecule has 0 aliphatic rings. The fraction of sp³-hybridized carbons (Fsp3) is 0.400. The lowest BCUT2D eigenvalue weighted by Gasteiger charge is -2.25. The third-order valence-electron chi connectivity index (χ3n) is 5.71. The Bertz CT molecular complexity index is 1160. The van der Waals surface area contributed by atoms with Crippen LogP contribution in [0.5, 0.6) is 11.5 Å². The van der Waals surface area contributed by atoms with Gasteiger partial charge in [-0.1, -0.05) is 29.8 Å². The molecule has 0 spiro atoms. The number of carbonyl (C=O) groups excluding carboxylic acids is 1. The summed E-state index contributed by atoms with van der Waals surface area (Å²) in [6.45, 7) is 2.98. The van der Waals surface area contributed by atoms with Gasteiger partial charge < -0.3 is 19.7 Å². The summed E-state index contributed by atoms with van der Waals surface area (Å²) < 4.78 is 12.1. The van der Waals surface area contributed by atoms with E-state index in [-0.39, 0.29) is 17.5 Å². The molecule has 33 heavy (non-hydrogen) atoms. The first-order valence-corrected chi connectivity index (χ1v) is 10.9. The topological polar surface area (TPSA) is 85.7 Å². The molecule has 8 nitrogen and oxygen atoms in total. The fourth-order valence-corrected chi connectivity index (χ4v) is 3.74. The Balaban J connectivity index is 1.59. The lowest BCUT2D eigenvalue weighted by molar-refractivity contribution is -0.121. The summed E-state index contributed by atoms with van der Waals surface area (Å²) in [5.74, 6) is 0.959. The number of amides is 1. The smallest absolute Gasteiger partial charge is 0.261 e. The molecular formula is C25H32N4O4. The van der Waals surface area contributed by atoms with Gasteiger partial charge in [0.2, 0.25) is 5.91 Å². The number of fused-ring (bicyclic) bond motifs is 1. The highest BCUT2D eigenvalue weighted by Crippen LogP contribution is 2.29. The first kappa shape index (κ1) is 24.3. The lowest BCUT2D eigenvalue weighted by Crippen LogP contribution is -2.34. The van der Waals surface area contributed by atoms with Gasteiger partial charge in [-0.15, -0.1) is 0 Å². The molecule has 1 atom stereocenters. The van der Waals surface area contributed by atoms with Crippen LogP contribution < -0.4 is 20.3 Å². The van der Waals surface area contributed by atoms with Gasteiger partial charge in [0, 0.05) is 25.6 Å². The molecule has 0 aliphatic carbocycles. The van der Waals surface area contributed by atoms with Crippen molar-refractivity contribution in [3.05, 3.63) is 64.2 Å². The first-order chi connectivity index (χ1) is 15.8. The van der Waals surface area contributed by atoms with Gasteiger partial charge in [0.25, 0.3) is 5.56 Å². The molecule has 0 bridgehead atoms. The average Bonchev–Trinajstić information content (AvgIpc) is 2.80. The maximum atomic E-state index is 12.9. The van der Waals surface area contributed by atoms with Crippen LogP contribution in [0.15, 0.2) is 47.5 Å². The van der Waals surface area contributed by atoms with Crippen LogP contribution in [-0.4, -0.2) is 55.2 Å². The number of ether oxygens (including phenoxy) is 2. The van der Waals surface area contributed by atoms with Crippen molar-refractivity contribution in [2.45, 2.75) is 32.4 Å². The molecule has 1 N–H and O–H groups in total. The predicted molar refractivity (Wildman–Crippen MR) is 129 cm³/mol. The van der Waals surface area contributed by atoms with Crippen LogP contribution in [0.2, 0.25) is 0 Å². The number of benzene rings is 2. The van der Waals surface area contributed by atoms with Crippen molar-refractivity contribution in [1.29, 1.82) is 0 Å². The molecule has 3 rings (SSSR count). The van der Waals surface area contributed by atoms with E-state index in [1.54, 1.807) is 12.1 Å². The molecule has 1 unspecified atom stereocenters. The summed E-state index contributed by atoms with van der Waals surface area (Å²) in [5, 5.41) is 3.47.